The van der Waals surface area contributed by atoms with Crippen LogP contribution in [0.4, 0.5) is 17.6 Å². The summed E-state index contributed by atoms with van der Waals surface area (Å²) in [5, 5.41) is 25.5. The van der Waals surface area contributed by atoms with Crippen LogP contribution in [0.3, 0.4) is 0 Å². The number of alkyl halides is 3. The standard InChI is InChI=1S/C22H26F4N2O3/c1-4-6-18-21(20(29)30,9-5-10-22(24,25)26)19(16(12-27)13(2)28-18)15-8-7-14(23)11-17(15)31-3/h7-8,11,18-19,28H,4-6,9-10H2,1-3H3,(H,29,30)/p-1. The van der Waals surface area contributed by atoms with E-state index in [2.05, 4.69) is 5.32 Å². The molecule has 3 unspecified atom stereocenters. The van der Waals surface area contributed by atoms with Crippen LogP contribution in [0.15, 0.2) is 29.5 Å². The van der Waals surface area contributed by atoms with E-state index in [9.17, 15) is 32.7 Å². The quantitative estimate of drug-likeness (QED) is 0.618. The number of allylic oxidation sites excluding steroid dienone is 2. The minimum atomic E-state index is -4.46. The average molecular weight is 441 g/mol. The third kappa shape index (κ3) is 4.94. The van der Waals surface area contributed by atoms with Crippen molar-refractivity contribution < 1.29 is 32.2 Å². The lowest BCUT2D eigenvalue weighted by atomic mass is 9.59. The minimum absolute atomic E-state index is 0.0177. The normalized spacial score (nSPS) is 23.8. The predicted octanol–water partition coefficient (Wildman–Crippen LogP) is 3.96. The highest BCUT2D eigenvalue weighted by Crippen LogP contribution is 2.53. The summed E-state index contributed by atoms with van der Waals surface area (Å²) in [7, 11) is 1.27. The topological polar surface area (TPSA) is 85.2 Å². The second kappa shape index (κ2) is 9.58. The molecule has 1 N–H and O–H groups in total. The molecule has 9 heteroatoms. The highest BCUT2D eigenvalue weighted by Gasteiger charge is 2.52. The van der Waals surface area contributed by atoms with Crippen LogP contribution in [-0.4, -0.2) is 25.3 Å². The number of nitrogens with zero attached hydrogens (tertiary/aromatic N) is 1. The fourth-order valence-electron chi connectivity index (χ4n) is 4.53. The summed E-state index contributed by atoms with van der Waals surface area (Å²) >= 11 is 0. The van der Waals surface area contributed by atoms with Crippen LogP contribution in [0.25, 0.3) is 0 Å². The van der Waals surface area contributed by atoms with Crippen molar-refractivity contribution in [3.05, 3.63) is 40.8 Å². The zero-order valence-corrected chi connectivity index (χ0v) is 17.6. The molecule has 31 heavy (non-hydrogen) atoms. The van der Waals surface area contributed by atoms with Gasteiger partial charge in [-0.1, -0.05) is 19.4 Å². The number of ether oxygens (including phenoxy) is 1. The van der Waals surface area contributed by atoms with Crippen molar-refractivity contribution in [2.45, 2.75) is 64.1 Å². The Morgan fingerprint density at radius 1 is 1.39 bits per heavy atom. The van der Waals surface area contributed by atoms with E-state index in [-0.39, 0.29) is 23.3 Å². The van der Waals surface area contributed by atoms with Gasteiger partial charge in [-0.2, -0.15) is 18.4 Å². The maximum absolute atomic E-state index is 13.8. The molecule has 1 aliphatic rings. The Balaban J connectivity index is 2.77. The highest BCUT2D eigenvalue weighted by atomic mass is 19.4. The lowest BCUT2D eigenvalue weighted by molar-refractivity contribution is -0.323. The Kier molecular flexibility index (Phi) is 7.58. The molecule has 0 radical (unpaired) electrons. The van der Waals surface area contributed by atoms with Gasteiger partial charge in [-0.05, 0) is 32.3 Å². The second-order valence-electron chi connectivity index (χ2n) is 7.75. The molecule has 3 atom stereocenters. The summed E-state index contributed by atoms with van der Waals surface area (Å²) in [5.74, 6) is -3.33. The number of carbonyl (C=O) groups excluding carboxylic acids is 1. The number of hydrogen-bond donors (Lipinski definition) is 1. The first-order chi connectivity index (χ1) is 14.5. The number of halogens is 4. The van der Waals surface area contributed by atoms with Crippen molar-refractivity contribution in [1.82, 2.24) is 5.32 Å². The number of carboxylic acids is 1. The number of nitriles is 1. The van der Waals surface area contributed by atoms with Crippen molar-refractivity contribution >= 4 is 5.97 Å². The first-order valence-corrected chi connectivity index (χ1v) is 10.0. The SMILES string of the molecule is CCCC1NC(C)=C(C#N)C(c2ccc(F)cc2OC)C1(CCCC(F)(F)F)C(=O)[O-]. The Hall–Kier alpha value is -2.76. The van der Waals surface area contributed by atoms with Gasteiger partial charge in [0.2, 0.25) is 0 Å². The summed E-state index contributed by atoms with van der Waals surface area (Å²) in [4.78, 5) is 12.7. The molecular formula is C22H25F4N2O3-. The van der Waals surface area contributed by atoms with Crippen LogP contribution in [0.2, 0.25) is 0 Å². The molecule has 1 aromatic rings. The van der Waals surface area contributed by atoms with Gasteiger partial charge < -0.3 is 20.0 Å². The largest absolute Gasteiger partial charge is 0.549 e. The Morgan fingerprint density at radius 2 is 2.06 bits per heavy atom. The summed E-state index contributed by atoms with van der Waals surface area (Å²) in [6, 6.07) is 4.70. The monoisotopic (exact) mass is 441 g/mol. The second-order valence-corrected chi connectivity index (χ2v) is 7.75. The van der Waals surface area contributed by atoms with Gasteiger partial charge in [0, 0.05) is 41.1 Å². The van der Waals surface area contributed by atoms with Crippen LogP contribution in [0.1, 0.15) is 57.4 Å². The van der Waals surface area contributed by atoms with Crippen LogP contribution in [0.5, 0.6) is 5.75 Å². The Labute approximate surface area is 178 Å². The van der Waals surface area contributed by atoms with Crippen molar-refractivity contribution in [3.63, 3.8) is 0 Å². The molecule has 0 fully saturated rings. The molecule has 0 aliphatic carbocycles. The van der Waals surface area contributed by atoms with Gasteiger partial charge in [-0.3, -0.25) is 0 Å². The van der Waals surface area contributed by atoms with Crippen LogP contribution >= 0.6 is 0 Å². The van der Waals surface area contributed by atoms with Gasteiger partial charge in [0.1, 0.15) is 11.6 Å². The van der Waals surface area contributed by atoms with Crippen molar-refractivity contribution in [3.8, 4) is 11.8 Å². The van der Waals surface area contributed by atoms with E-state index in [0.717, 1.165) is 12.1 Å². The van der Waals surface area contributed by atoms with Gasteiger partial charge in [0.05, 0.1) is 24.7 Å². The molecule has 170 valence electrons. The molecule has 2 rings (SSSR count). The van der Waals surface area contributed by atoms with Crippen molar-refractivity contribution in [2.24, 2.45) is 5.41 Å². The summed E-state index contributed by atoms with van der Waals surface area (Å²) in [6.45, 7) is 3.43. The van der Waals surface area contributed by atoms with Crippen LogP contribution in [-0.2, 0) is 4.79 Å². The smallest absolute Gasteiger partial charge is 0.389 e. The molecule has 1 aliphatic heterocycles. The van der Waals surface area contributed by atoms with Crippen molar-refractivity contribution in [2.75, 3.05) is 7.11 Å². The molecule has 0 saturated heterocycles. The summed E-state index contributed by atoms with van der Waals surface area (Å²) in [6.07, 6.45) is -5.58. The average Bonchev–Trinajstić information content (AvgIpc) is 2.68. The first-order valence-electron chi connectivity index (χ1n) is 10.0. The predicted molar refractivity (Wildman–Crippen MR) is 103 cm³/mol. The third-order valence-electron chi connectivity index (χ3n) is 5.86. The number of aliphatic carboxylic acids is 1. The number of benzene rings is 1. The van der Waals surface area contributed by atoms with E-state index in [1.54, 1.807) is 6.92 Å². The molecule has 1 heterocycles. The molecular weight excluding hydrogens is 416 g/mol. The van der Waals surface area contributed by atoms with E-state index in [1.165, 1.54) is 13.2 Å². The van der Waals surface area contributed by atoms with Gasteiger partial charge in [-0.25, -0.2) is 4.39 Å². The Morgan fingerprint density at radius 3 is 2.58 bits per heavy atom. The van der Waals surface area contributed by atoms with Crippen LogP contribution in [0, 0.1) is 22.6 Å². The van der Waals surface area contributed by atoms with E-state index < -0.39 is 48.2 Å². The van der Waals surface area contributed by atoms with Gasteiger partial charge in [0.15, 0.2) is 0 Å². The fraction of sp³-hybridized carbons (Fsp3) is 0.545. The maximum Gasteiger partial charge on any atom is 0.389 e. The molecule has 1 aromatic carbocycles. The lowest BCUT2D eigenvalue weighted by Gasteiger charge is -2.51. The highest BCUT2D eigenvalue weighted by molar-refractivity contribution is 5.78. The first kappa shape index (κ1) is 24.5. The molecule has 5 nitrogen and oxygen atoms in total. The van der Waals surface area contributed by atoms with E-state index >= 15 is 0 Å². The van der Waals surface area contributed by atoms with E-state index in [1.807, 2.05) is 13.0 Å². The number of carboxylic acid groups (broad SMARTS) is 1. The number of methoxy groups -OCH3 is 1. The third-order valence-corrected chi connectivity index (χ3v) is 5.86. The minimum Gasteiger partial charge on any atom is -0.549 e. The summed E-state index contributed by atoms with van der Waals surface area (Å²) in [5.41, 5.74) is -1.17. The number of nitrogens with one attached hydrogen (secondary N) is 1. The van der Waals surface area contributed by atoms with E-state index in [0.29, 0.717) is 18.5 Å². The summed E-state index contributed by atoms with van der Waals surface area (Å²) < 4.78 is 57.7. The van der Waals surface area contributed by atoms with Gasteiger partial charge in [0.25, 0.3) is 0 Å². The molecule has 0 amide bonds. The van der Waals surface area contributed by atoms with Gasteiger partial charge >= 0.3 is 6.18 Å². The van der Waals surface area contributed by atoms with Crippen LogP contribution < -0.4 is 15.2 Å². The molecule has 0 saturated carbocycles. The molecule has 0 bridgehead atoms. The molecule has 0 spiro atoms. The van der Waals surface area contributed by atoms with Gasteiger partial charge in [-0.15, -0.1) is 0 Å². The zero-order chi connectivity index (χ0) is 23.4. The fourth-order valence-corrected chi connectivity index (χ4v) is 4.53. The lowest BCUT2D eigenvalue weighted by Crippen LogP contribution is -2.61. The van der Waals surface area contributed by atoms with E-state index in [4.69, 9.17) is 4.74 Å². The number of hydrogen-bond acceptors (Lipinski definition) is 5. The van der Waals surface area contributed by atoms with Crippen molar-refractivity contribution in [1.29, 1.82) is 5.26 Å². The Bertz CT molecular complexity index is 892. The zero-order valence-electron chi connectivity index (χ0n) is 17.6. The number of rotatable bonds is 8. The molecule has 0 aromatic heterocycles. The maximum atomic E-state index is 13.8. The number of carbonyl (C=O) groups is 1.